The summed E-state index contributed by atoms with van der Waals surface area (Å²) in [6.07, 6.45) is 3.21. The number of methoxy groups -OCH3 is 1. The van der Waals surface area contributed by atoms with Gasteiger partial charge >= 0.3 is 5.97 Å². The molecule has 0 atom stereocenters. The highest BCUT2D eigenvalue weighted by Crippen LogP contribution is 2.32. The number of nitrogens with one attached hydrogen (secondary N) is 1. The predicted octanol–water partition coefficient (Wildman–Crippen LogP) is 6.62. The molecule has 11 heteroatoms. The molecule has 0 saturated heterocycles. The van der Waals surface area contributed by atoms with E-state index in [1.165, 1.54) is 19.2 Å². The molecule has 0 unspecified atom stereocenters. The van der Waals surface area contributed by atoms with Crippen LogP contribution < -0.4 is 5.32 Å². The first kappa shape index (κ1) is 32.0. The number of ether oxygens (including phenoxy) is 1. The summed E-state index contributed by atoms with van der Waals surface area (Å²) in [5.41, 5.74) is 5.33. The molecule has 230 valence electrons. The Bertz CT molecular complexity index is 1960. The Kier molecular flexibility index (Phi) is 9.72. The average Bonchev–Trinajstić information content (AvgIpc) is 3.43. The van der Waals surface area contributed by atoms with Gasteiger partial charge in [-0.2, -0.15) is 0 Å². The molecule has 1 heterocycles. The molecule has 8 nitrogen and oxygen atoms in total. The lowest BCUT2D eigenvalue weighted by Crippen LogP contribution is -2.24. The number of benzene rings is 4. The SMILES string of the molecule is COC(=O)c1ccc(Cn2cc(-c3ccc(Cl)cc3Cl)nc2-c2ccc(CNC(=O)Cc3ccc(S(C)(=O)=O)cc3)cc2)cc1. The van der Waals surface area contributed by atoms with Crippen LogP contribution in [0.25, 0.3) is 22.6 Å². The molecule has 0 spiro atoms. The van der Waals surface area contributed by atoms with Crippen LogP contribution >= 0.6 is 23.2 Å². The summed E-state index contributed by atoms with van der Waals surface area (Å²) in [5, 5.41) is 3.93. The molecule has 5 aromatic rings. The highest BCUT2D eigenvalue weighted by Gasteiger charge is 2.16. The normalized spacial score (nSPS) is 11.3. The van der Waals surface area contributed by atoms with Crippen molar-refractivity contribution in [1.82, 2.24) is 14.9 Å². The quantitative estimate of drug-likeness (QED) is 0.169. The number of rotatable bonds is 10. The van der Waals surface area contributed by atoms with Gasteiger partial charge in [0.15, 0.2) is 9.84 Å². The Morgan fingerprint density at radius 2 is 1.51 bits per heavy atom. The Hall–Kier alpha value is -4.44. The molecule has 0 radical (unpaired) electrons. The van der Waals surface area contributed by atoms with Gasteiger partial charge in [-0.05, 0) is 59.2 Å². The van der Waals surface area contributed by atoms with E-state index in [4.69, 9.17) is 32.9 Å². The number of hydrogen-bond acceptors (Lipinski definition) is 6. The lowest BCUT2D eigenvalue weighted by Gasteiger charge is -2.10. The van der Waals surface area contributed by atoms with Crippen LogP contribution in [0.2, 0.25) is 10.0 Å². The van der Waals surface area contributed by atoms with Crippen molar-refractivity contribution in [2.45, 2.75) is 24.4 Å². The second kappa shape index (κ2) is 13.7. The molecular weight excluding hydrogens is 633 g/mol. The molecule has 0 fully saturated rings. The molecule has 4 aromatic carbocycles. The minimum atomic E-state index is -3.29. The van der Waals surface area contributed by atoms with E-state index in [9.17, 15) is 18.0 Å². The minimum Gasteiger partial charge on any atom is -0.465 e. The Morgan fingerprint density at radius 1 is 0.867 bits per heavy atom. The van der Waals surface area contributed by atoms with E-state index >= 15 is 0 Å². The zero-order valence-electron chi connectivity index (χ0n) is 24.5. The van der Waals surface area contributed by atoms with Gasteiger partial charge < -0.3 is 14.6 Å². The molecule has 0 aliphatic rings. The molecule has 1 N–H and O–H groups in total. The summed E-state index contributed by atoms with van der Waals surface area (Å²) >= 11 is 12.6. The maximum Gasteiger partial charge on any atom is 0.337 e. The van der Waals surface area contributed by atoms with Gasteiger partial charge in [-0.15, -0.1) is 0 Å². The van der Waals surface area contributed by atoms with Gasteiger partial charge in [-0.25, -0.2) is 18.2 Å². The Balaban J connectivity index is 1.33. The van der Waals surface area contributed by atoms with Crippen LogP contribution in [0.15, 0.2) is 102 Å². The number of imidazole rings is 1. The van der Waals surface area contributed by atoms with Gasteiger partial charge in [0.25, 0.3) is 0 Å². The summed E-state index contributed by atoms with van der Waals surface area (Å²) in [6.45, 7) is 0.811. The van der Waals surface area contributed by atoms with E-state index in [1.54, 1.807) is 36.4 Å². The number of sulfone groups is 1. The van der Waals surface area contributed by atoms with Crippen LogP contribution in [0.1, 0.15) is 27.0 Å². The van der Waals surface area contributed by atoms with E-state index in [2.05, 4.69) is 5.32 Å². The van der Waals surface area contributed by atoms with E-state index in [0.717, 1.165) is 34.1 Å². The number of amides is 1. The lowest BCUT2D eigenvalue weighted by molar-refractivity contribution is -0.120. The van der Waals surface area contributed by atoms with E-state index in [-0.39, 0.29) is 17.2 Å². The highest BCUT2D eigenvalue weighted by atomic mass is 35.5. The maximum atomic E-state index is 12.5. The number of carbonyl (C=O) groups excluding carboxylic acids is 2. The Morgan fingerprint density at radius 3 is 2.13 bits per heavy atom. The second-order valence-electron chi connectivity index (χ2n) is 10.5. The summed E-state index contributed by atoms with van der Waals surface area (Å²) in [7, 11) is -1.94. The number of esters is 1. The van der Waals surface area contributed by atoms with Crippen molar-refractivity contribution in [3.05, 3.63) is 129 Å². The van der Waals surface area contributed by atoms with Crippen molar-refractivity contribution >= 4 is 44.9 Å². The zero-order chi connectivity index (χ0) is 32.1. The molecule has 0 aliphatic heterocycles. The average molecular weight is 663 g/mol. The van der Waals surface area contributed by atoms with Crippen molar-refractivity contribution in [2.24, 2.45) is 0 Å². The fraction of sp³-hybridized carbons (Fsp3) is 0.147. The van der Waals surface area contributed by atoms with Gasteiger partial charge in [0.2, 0.25) is 5.91 Å². The third-order valence-electron chi connectivity index (χ3n) is 7.13. The molecule has 5 rings (SSSR count). The van der Waals surface area contributed by atoms with Gasteiger partial charge in [-0.1, -0.05) is 71.7 Å². The van der Waals surface area contributed by atoms with Crippen molar-refractivity contribution in [3.8, 4) is 22.6 Å². The first-order valence-corrected chi connectivity index (χ1v) is 16.5. The highest BCUT2D eigenvalue weighted by molar-refractivity contribution is 7.90. The maximum absolute atomic E-state index is 12.5. The smallest absolute Gasteiger partial charge is 0.337 e. The monoisotopic (exact) mass is 661 g/mol. The van der Waals surface area contributed by atoms with Crippen LogP contribution in [0.4, 0.5) is 0 Å². The standard InChI is InChI=1S/C34H29Cl2N3O5S/c1-44-34(41)26-11-5-24(6-12-26)20-39-21-31(29-16-13-27(35)18-30(29)36)38-33(39)25-9-3-23(4-10-25)19-37-32(40)17-22-7-14-28(15-8-22)45(2,42)43/h3-16,18,21H,17,19-20H2,1-2H3,(H,37,40). The van der Waals surface area contributed by atoms with Crippen LogP contribution in [0.5, 0.6) is 0 Å². The number of hydrogen-bond donors (Lipinski definition) is 1. The first-order valence-electron chi connectivity index (χ1n) is 13.8. The molecule has 45 heavy (non-hydrogen) atoms. The second-order valence-corrected chi connectivity index (χ2v) is 13.3. The zero-order valence-corrected chi connectivity index (χ0v) is 26.8. The molecular formula is C34H29Cl2N3O5S. The number of halogens is 2. The first-order chi connectivity index (χ1) is 21.5. The molecule has 0 aliphatic carbocycles. The van der Waals surface area contributed by atoms with Crippen LogP contribution in [0, 0.1) is 0 Å². The van der Waals surface area contributed by atoms with Gasteiger partial charge in [0.05, 0.1) is 34.7 Å². The van der Waals surface area contributed by atoms with Crippen LogP contribution in [-0.4, -0.2) is 43.2 Å². The fourth-order valence-electron chi connectivity index (χ4n) is 4.73. The minimum absolute atomic E-state index is 0.135. The van der Waals surface area contributed by atoms with Crippen molar-refractivity contribution in [2.75, 3.05) is 13.4 Å². The summed E-state index contributed by atoms with van der Waals surface area (Å²) < 4.78 is 30.1. The van der Waals surface area contributed by atoms with Crippen LogP contribution in [-0.2, 0) is 38.9 Å². The van der Waals surface area contributed by atoms with E-state index < -0.39 is 15.8 Å². The van der Waals surface area contributed by atoms with Crippen molar-refractivity contribution in [3.63, 3.8) is 0 Å². The number of nitrogens with zero attached hydrogens (tertiary/aromatic N) is 2. The van der Waals surface area contributed by atoms with E-state index in [0.29, 0.717) is 40.2 Å². The van der Waals surface area contributed by atoms with Crippen LogP contribution in [0.3, 0.4) is 0 Å². The Labute approximate surface area is 271 Å². The summed E-state index contributed by atoms with van der Waals surface area (Å²) in [4.78, 5) is 29.6. The predicted molar refractivity (Wildman–Crippen MR) is 175 cm³/mol. The lowest BCUT2D eigenvalue weighted by atomic mass is 10.1. The van der Waals surface area contributed by atoms with Crippen molar-refractivity contribution in [1.29, 1.82) is 0 Å². The molecule has 1 aromatic heterocycles. The summed E-state index contributed by atoms with van der Waals surface area (Å²) in [5.74, 6) is 0.134. The van der Waals surface area contributed by atoms with Gasteiger partial charge in [0.1, 0.15) is 5.82 Å². The third kappa shape index (κ3) is 7.99. The molecule has 0 bridgehead atoms. The molecule has 1 amide bonds. The molecule has 0 saturated carbocycles. The third-order valence-corrected chi connectivity index (χ3v) is 8.81. The van der Waals surface area contributed by atoms with Crippen molar-refractivity contribution < 1.29 is 22.7 Å². The topological polar surface area (TPSA) is 107 Å². The summed E-state index contributed by atoms with van der Waals surface area (Å²) in [6, 6.07) is 26.5. The number of aromatic nitrogens is 2. The van der Waals surface area contributed by atoms with Gasteiger partial charge in [-0.3, -0.25) is 4.79 Å². The van der Waals surface area contributed by atoms with Gasteiger partial charge in [0, 0.05) is 41.7 Å². The fourth-order valence-corrected chi connectivity index (χ4v) is 5.87. The largest absolute Gasteiger partial charge is 0.465 e. The number of carbonyl (C=O) groups is 2. The van der Waals surface area contributed by atoms with E-state index in [1.807, 2.05) is 53.2 Å².